The summed E-state index contributed by atoms with van der Waals surface area (Å²) in [7, 11) is 1.57. The van der Waals surface area contributed by atoms with Crippen LogP contribution in [0.3, 0.4) is 0 Å². The maximum Gasteiger partial charge on any atom is 0.303 e. The predicted octanol–water partition coefficient (Wildman–Crippen LogP) is 2.94. The monoisotopic (exact) mass is 284 g/mol. The number of rotatable bonds is 6. The summed E-state index contributed by atoms with van der Waals surface area (Å²) in [4.78, 5) is 23.2. The predicted molar refractivity (Wildman–Crippen MR) is 78.8 cm³/mol. The van der Waals surface area contributed by atoms with E-state index >= 15 is 0 Å². The second-order valence-corrected chi connectivity index (χ2v) is 4.61. The van der Waals surface area contributed by atoms with Gasteiger partial charge < -0.3 is 9.84 Å². The minimum absolute atomic E-state index is 0.00685. The zero-order chi connectivity index (χ0) is 15.2. The molecule has 21 heavy (non-hydrogen) atoms. The number of ether oxygens (including phenoxy) is 1. The van der Waals surface area contributed by atoms with Gasteiger partial charge in [0.2, 0.25) is 0 Å². The standard InChI is InChI=1S/C17H16O4/c1-21-14-9-6-13(7-10-14)17(20)15-5-3-2-4-12(15)8-11-16(18)19/h2-7,9-10H,8,11H2,1H3,(H,18,19). The van der Waals surface area contributed by atoms with Crippen LogP contribution in [-0.4, -0.2) is 24.0 Å². The molecule has 0 heterocycles. The van der Waals surface area contributed by atoms with Crippen LogP contribution >= 0.6 is 0 Å². The van der Waals surface area contributed by atoms with Gasteiger partial charge in [-0.15, -0.1) is 0 Å². The Morgan fingerprint density at radius 2 is 1.71 bits per heavy atom. The molecule has 108 valence electrons. The smallest absolute Gasteiger partial charge is 0.303 e. The van der Waals surface area contributed by atoms with Crippen molar-refractivity contribution in [1.82, 2.24) is 0 Å². The second kappa shape index (κ2) is 6.70. The summed E-state index contributed by atoms with van der Waals surface area (Å²) in [5.74, 6) is -0.300. The Labute approximate surface area is 123 Å². The molecule has 0 amide bonds. The molecule has 2 rings (SSSR count). The zero-order valence-electron chi connectivity index (χ0n) is 11.7. The van der Waals surface area contributed by atoms with Crippen molar-refractivity contribution in [2.45, 2.75) is 12.8 Å². The fraction of sp³-hybridized carbons (Fsp3) is 0.176. The Morgan fingerprint density at radius 3 is 2.33 bits per heavy atom. The van der Waals surface area contributed by atoms with Gasteiger partial charge in [0.1, 0.15) is 5.75 Å². The molecule has 0 saturated carbocycles. The normalized spacial score (nSPS) is 10.1. The minimum atomic E-state index is -0.873. The highest BCUT2D eigenvalue weighted by Gasteiger charge is 2.14. The van der Waals surface area contributed by atoms with Crippen molar-refractivity contribution in [1.29, 1.82) is 0 Å². The van der Waals surface area contributed by atoms with Crippen LogP contribution in [0, 0.1) is 0 Å². The van der Waals surface area contributed by atoms with Crippen LogP contribution < -0.4 is 4.74 Å². The third kappa shape index (κ3) is 3.69. The first kappa shape index (κ1) is 14.8. The number of hydrogen-bond donors (Lipinski definition) is 1. The molecule has 4 nitrogen and oxygen atoms in total. The van der Waals surface area contributed by atoms with Gasteiger partial charge in [-0.05, 0) is 36.2 Å². The zero-order valence-corrected chi connectivity index (χ0v) is 11.7. The summed E-state index contributed by atoms with van der Waals surface area (Å²) in [6, 6.07) is 14.0. The number of carbonyl (C=O) groups excluding carboxylic acids is 1. The summed E-state index contributed by atoms with van der Waals surface area (Å²) in [6.07, 6.45) is 0.348. The number of benzene rings is 2. The van der Waals surface area contributed by atoms with Gasteiger partial charge in [0.25, 0.3) is 0 Å². The summed E-state index contributed by atoms with van der Waals surface area (Å²) in [5.41, 5.74) is 1.85. The Morgan fingerprint density at radius 1 is 1.05 bits per heavy atom. The first-order chi connectivity index (χ1) is 10.1. The molecule has 0 bridgehead atoms. The van der Waals surface area contributed by atoms with Crippen molar-refractivity contribution in [3.63, 3.8) is 0 Å². The molecule has 0 aliphatic carbocycles. The summed E-state index contributed by atoms with van der Waals surface area (Å²) < 4.78 is 5.07. The molecule has 2 aromatic carbocycles. The number of hydrogen-bond acceptors (Lipinski definition) is 3. The second-order valence-electron chi connectivity index (χ2n) is 4.61. The molecule has 0 radical (unpaired) electrons. The molecule has 2 aromatic rings. The lowest BCUT2D eigenvalue weighted by Crippen LogP contribution is -2.07. The lowest BCUT2D eigenvalue weighted by Gasteiger charge is -2.08. The average Bonchev–Trinajstić information content (AvgIpc) is 2.52. The van der Waals surface area contributed by atoms with E-state index < -0.39 is 5.97 Å². The number of ketones is 1. The van der Waals surface area contributed by atoms with Gasteiger partial charge in [-0.1, -0.05) is 24.3 Å². The minimum Gasteiger partial charge on any atom is -0.497 e. The van der Waals surface area contributed by atoms with E-state index in [4.69, 9.17) is 9.84 Å². The Kier molecular flexibility index (Phi) is 4.72. The van der Waals surface area contributed by atoms with E-state index in [-0.39, 0.29) is 12.2 Å². The summed E-state index contributed by atoms with van der Waals surface area (Å²) in [5, 5.41) is 8.78. The van der Waals surface area contributed by atoms with E-state index in [2.05, 4.69) is 0 Å². The molecule has 0 atom stereocenters. The van der Waals surface area contributed by atoms with E-state index in [1.807, 2.05) is 6.07 Å². The van der Waals surface area contributed by atoms with Crippen molar-refractivity contribution in [3.05, 3.63) is 65.2 Å². The van der Waals surface area contributed by atoms with Crippen LogP contribution in [0.1, 0.15) is 27.9 Å². The van der Waals surface area contributed by atoms with Crippen LogP contribution in [0.15, 0.2) is 48.5 Å². The number of aliphatic carboxylic acids is 1. The lowest BCUT2D eigenvalue weighted by atomic mass is 9.96. The first-order valence-corrected chi connectivity index (χ1v) is 6.60. The quantitative estimate of drug-likeness (QED) is 0.828. The van der Waals surface area contributed by atoms with Crippen molar-refractivity contribution in [3.8, 4) is 5.75 Å². The SMILES string of the molecule is COc1ccc(C(=O)c2ccccc2CCC(=O)O)cc1. The molecule has 0 aromatic heterocycles. The van der Waals surface area contributed by atoms with Gasteiger partial charge in [-0.25, -0.2) is 0 Å². The van der Waals surface area contributed by atoms with Crippen LogP contribution in [0.2, 0.25) is 0 Å². The highest BCUT2D eigenvalue weighted by atomic mass is 16.5. The summed E-state index contributed by atoms with van der Waals surface area (Å²) in [6.45, 7) is 0. The highest BCUT2D eigenvalue weighted by Crippen LogP contribution is 2.18. The molecule has 0 aliphatic rings. The molecule has 1 N–H and O–H groups in total. The van der Waals surface area contributed by atoms with E-state index in [9.17, 15) is 9.59 Å². The average molecular weight is 284 g/mol. The Bertz CT molecular complexity index is 644. The molecule has 0 saturated heterocycles. The van der Waals surface area contributed by atoms with E-state index in [0.717, 1.165) is 5.56 Å². The maximum atomic E-state index is 12.5. The number of methoxy groups -OCH3 is 1. The fourth-order valence-electron chi connectivity index (χ4n) is 2.10. The molecule has 0 unspecified atom stereocenters. The van der Waals surface area contributed by atoms with E-state index in [1.165, 1.54) is 0 Å². The van der Waals surface area contributed by atoms with E-state index in [0.29, 0.717) is 23.3 Å². The van der Waals surface area contributed by atoms with Gasteiger partial charge in [0, 0.05) is 17.5 Å². The van der Waals surface area contributed by atoms with Crippen molar-refractivity contribution in [2.24, 2.45) is 0 Å². The number of carboxylic acid groups (broad SMARTS) is 1. The van der Waals surface area contributed by atoms with E-state index in [1.54, 1.807) is 49.6 Å². The number of carbonyl (C=O) groups is 2. The Hall–Kier alpha value is -2.62. The highest BCUT2D eigenvalue weighted by molar-refractivity contribution is 6.10. The van der Waals surface area contributed by atoms with Crippen molar-refractivity contribution < 1.29 is 19.4 Å². The third-order valence-corrected chi connectivity index (χ3v) is 3.22. The van der Waals surface area contributed by atoms with Crippen LogP contribution in [-0.2, 0) is 11.2 Å². The Balaban J connectivity index is 2.27. The number of aryl methyl sites for hydroxylation is 1. The molecular weight excluding hydrogens is 268 g/mol. The van der Waals surface area contributed by atoms with Crippen LogP contribution in [0.5, 0.6) is 5.75 Å². The summed E-state index contributed by atoms with van der Waals surface area (Å²) >= 11 is 0. The van der Waals surface area contributed by atoms with Crippen molar-refractivity contribution in [2.75, 3.05) is 7.11 Å². The third-order valence-electron chi connectivity index (χ3n) is 3.22. The largest absolute Gasteiger partial charge is 0.497 e. The molecule has 0 spiro atoms. The van der Waals surface area contributed by atoms with Gasteiger partial charge in [-0.2, -0.15) is 0 Å². The van der Waals surface area contributed by atoms with Crippen molar-refractivity contribution >= 4 is 11.8 Å². The van der Waals surface area contributed by atoms with Gasteiger partial charge in [0.05, 0.1) is 7.11 Å². The lowest BCUT2D eigenvalue weighted by molar-refractivity contribution is -0.136. The molecular formula is C17H16O4. The number of carboxylic acids is 1. The fourth-order valence-corrected chi connectivity index (χ4v) is 2.10. The molecule has 0 fully saturated rings. The molecule has 4 heteroatoms. The first-order valence-electron chi connectivity index (χ1n) is 6.60. The van der Waals surface area contributed by atoms with Gasteiger partial charge in [0.15, 0.2) is 5.78 Å². The van der Waals surface area contributed by atoms with Crippen LogP contribution in [0.4, 0.5) is 0 Å². The van der Waals surface area contributed by atoms with Gasteiger partial charge in [-0.3, -0.25) is 9.59 Å². The van der Waals surface area contributed by atoms with Gasteiger partial charge >= 0.3 is 5.97 Å². The maximum absolute atomic E-state index is 12.5. The topological polar surface area (TPSA) is 63.6 Å². The molecule has 0 aliphatic heterocycles. The van der Waals surface area contributed by atoms with Crippen LogP contribution in [0.25, 0.3) is 0 Å².